The largest absolute Gasteiger partial charge is 0.677 e. The predicted octanol–water partition coefficient (Wildman–Crippen LogP) is 2.21. The zero-order valence-corrected chi connectivity index (χ0v) is 11.1. The Bertz CT molecular complexity index is 63.1. The summed E-state index contributed by atoms with van der Waals surface area (Å²) < 4.78 is 0. The molecule has 0 saturated heterocycles. The first-order valence-corrected chi connectivity index (χ1v) is 6.05. The van der Waals surface area contributed by atoms with Gasteiger partial charge in [0.05, 0.1) is 6.10 Å². The molecule has 0 aromatic heterocycles. The number of hydrogen-bond donors (Lipinski definition) is 2. The quantitative estimate of drug-likeness (QED) is 0.765. The van der Waals surface area contributed by atoms with Crippen LogP contribution in [0.4, 0.5) is 0 Å². The first-order valence-electron chi connectivity index (χ1n) is 3.46. The summed E-state index contributed by atoms with van der Waals surface area (Å²) >= 11 is 7.32. The van der Waals surface area contributed by atoms with Crippen molar-refractivity contribution in [1.82, 2.24) is 0 Å². The fourth-order valence-electron chi connectivity index (χ4n) is 0.478. The Kier molecular flexibility index (Phi) is 64.4. The second-order valence-corrected chi connectivity index (χ2v) is 1.73. The van der Waals surface area contributed by atoms with Crippen molar-refractivity contribution in [2.24, 2.45) is 0 Å². The van der Waals surface area contributed by atoms with Crippen LogP contribution in [0.25, 0.3) is 11.5 Å². The van der Waals surface area contributed by atoms with Crippen LogP contribution < -0.4 is 0 Å². The molecule has 4 nitrogen and oxygen atoms in total. The zero-order valence-electron chi connectivity index (χ0n) is 7.66. The Morgan fingerprint density at radius 2 is 1.21 bits per heavy atom. The zero-order chi connectivity index (χ0) is 12.4. The van der Waals surface area contributed by atoms with Gasteiger partial charge in [-0.05, 0) is 12.8 Å². The smallest absolute Gasteiger partial charge is 0.0507 e. The molecule has 0 bridgehead atoms. The topological polar surface area (TPSA) is 88.1 Å². The van der Waals surface area contributed by atoms with Gasteiger partial charge in [0.1, 0.15) is 0 Å². The SMILES string of the molecule is CO.[Cl][Cu+].[Cl][Cu+].[NH-]CCC(O)CC[NH-]. The summed E-state index contributed by atoms with van der Waals surface area (Å²) in [6.45, 7) is 0.530. The van der Waals surface area contributed by atoms with Gasteiger partial charge in [0, 0.05) is 7.11 Å². The summed E-state index contributed by atoms with van der Waals surface area (Å²) in [6.07, 6.45) is 0.614. The molecule has 0 rings (SSSR count). The van der Waals surface area contributed by atoms with Crippen molar-refractivity contribution in [3.05, 3.63) is 11.5 Å². The average Bonchev–Trinajstić information content (AvgIpc) is 2.27. The molecule has 0 unspecified atom stereocenters. The van der Waals surface area contributed by atoms with Gasteiger partial charge in [-0.15, -0.1) is 13.1 Å². The summed E-state index contributed by atoms with van der Waals surface area (Å²) in [7, 11) is 9.40. The van der Waals surface area contributed by atoms with E-state index in [4.69, 9.17) is 21.7 Å². The first-order chi connectivity index (χ1) is 6.81. The molecule has 0 atom stereocenters. The third-order valence-corrected chi connectivity index (χ3v) is 0.955. The van der Waals surface area contributed by atoms with E-state index in [9.17, 15) is 0 Å². The van der Waals surface area contributed by atoms with Gasteiger partial charge in [-0.25, -0.2) is 0 Å². The van der Waals surface area contributed by atoms with Crippen LogP contribution in [-0.4, -0.2) is 36.5 Å². The fraction of sp³-hybridized carbons (Fsp3) is 1.00. The third kappa shape index (κ3) is 37.6. The molecule has 0 amide bonds. The van der Waals surface area contributed by atoms with Crippen LogP contribution in [0.1, 0.15) is 12.8 Å². The van der Waals surface area contributed by atoms with Gasteiger partial charge in [0.15, 0.2) is 0 Å². The molecular formula is C6H16Cl2Cu2N2O2. The van der Waals surface area contributed by atoms with Crippen molar-refractivity contribution in [2.75, 3.05) is 20.2 Å². The van der Waals surface area contributed by atoms with Crippen LogP contribution in [0.15, 0.2) is 0 Å². The van der Waals surface area contributed by atoms with Crippen molar-refractivity contribution < 1.29 is 40.4 Å². The molecule has 8 heteroatoms. The molecule has 0 radical (unpaired) electrons. The predicted molar refractivity (Wildman–Crippen MR) is 53.5 cm³/mol. The summed E-state index contributed by atoms with van der Waals surface area (Å²) in [5, 5.41) is 15.8. The second kappa shape index (κ2) is 36.6. The van der Waals surface area contributed by atoms with Crippen molar-refractivity contribution in [3.8, 4) is 0 Å². The molecule has 14 heavy (non-hydrogen) atoms. The van der Waals surface area contributed by atoms with Gasteiger partial charge in [0.2, 0.25) is 0 Å². The summed E-state index contributed by atoms with van der Waals surface area (Å²) in [6, 6.07) is 0. The number of aliphatic hydroxyl groups excluding tert-OH is 2. The number of aliphatic hydroxyl groups is 2. The Balaban J connectivity index is -0.0000000708. The fourth-order valence-corrected chi connectivity index (χ4v) is 0.478. The normalized spacial score (nSPS) is 7.43. The van der Waals surface area contributed by atoms with E-state index in [2.05, 4.69) is 50.4 Å². The van der Waals surface area contributed by atoms with E-state index in [1.165, 1.54) is 0 Å². The van der Waals surface area contributed by atoms with Crippen LogP contribution >= 0.6 is 20.2 Å². The molecule has 0 spiro atoms. The van der Waals surface area contributed by atoms with Crippen molar-refractivity contribution in [1.29, 1.82) is 0 Å². The van der Waals surface area contributed by atoms with E-state index in [0.717, 1.165) is 7.11 Å². The molecule has 0 aromatic rings. The minimum atomic E-state index is -0.412. The van der Waals surface area contributed by atoms with Crippen LogP contribution in [-0.2, 0) is 30.2 Å². The minimum absolute atomic E-state index is 0.265. The standard InChI is InChI=1S/C5H12N2O.CH4O.2ClH.2Cu/c6-3-1-5(8)2-4-7;1-2;;;;/h5-8H,1-4H2;2H,1H3;2*1H;;/q-2;;;;2*+2/p-2. The van der Waals surface area contributed by atoms with Crippen LogP contribution in [0, 0.1) is 0 Å². The summed E-state index contributed by atoms with van der Waals surface area (Å²) in [4.78, 5) is 0. The van der Waals surface area contributed by atoms with E-state index < -0.39 is 6.10 Å². The molecule has 0 aliphatic rings. The molecular weight excluding hydrogens is 330 g/mol. The van der Waals surface area contributed by atoms with Gasteiger partial charge >= 0.3 is 50.4 Å². The van der Waals surface area contributed by atoms with E-state index in [-0.39, 0.29) is 13.1 Å². The molecule has 0 aromatic carbocycles. The first kappa shape index (κ1) is 24.6. The van der Waals surface area contributed by atoms with E-state index in [0.29, 0.717) is 12.8 Å². The van der Waals surface area contributed by atoms with Gasteiger partial charge in [-0.2, -0.15) is 0 Å². The van der Waals surface area contributed by atoms with E-state index in [1.54, 1.807) is 0 Å². The molecule has 4 N–H and O–H groups in total. The van der Waals surface area contributed by atoms with Crippen molar-refractivity contribution >= 4 is 20.2 Å². The Labute approximate surface area is 111 Å². The van der Waals surface area contributed by atoms with Gasteiger partial charge < -0.3 is 21.7 Å². The number of halogens is 2. The number of nitrogens with one attached hydrogen (secondary N) is 2. The van der Waals surface area contributed by atoms with Gasteiger partial charge in [-0.3, -0.25) is 0 Å². The molecule has 98 valence electrons. The van der Waals surface area contributed by atoms with E-state index in [1.807, 2.05) is 0 Å². The van der Waals surface area contributed by atoms with Crippen molar-refractivity contribution in [3.63, 3.8) is 0 Å². The maximum Gasteiger partial charge on any atom is 0.0507 e. The minimum Gasteiger partial charge on any atom is -0.677 e. The number of rotatable bonds is 4. The second-order valence-electron chi connectivity index (χ2n) is 1.73. The Hall–Kier alpha value is 1.46. The third-order valence-electron chi connectivity index (χ3n) is 0.955. The number of hydrogen-bond acceptors (Lipinski definition) is 2. The van der Waals surface area contributed by atoms with Gasteiger partial charge in [0.25, 0.3) is 0 Å². The molecule has 0 aliphatic carbocycles. The molecule has 0 saturated carbocycles. The van der Waals surface area contributed by atoms with Crippen molar-refractivity contribution in [2.45, 2.75) is 18.9 Å². The maximum atomic E-state index is 8.81. The van der Waals surface area contributed by atoms with Gasteiger partial charge in [-0.1, -0.05) is 0 Å². The van der Waals surface area contributed by atoms with Crippen LogP contribution in [0.2, 0.25) is 0 Å². The summed E-state index contributed by atoms with van der Waals surface area (Å²) in [5.74, 6) is 0. The molecule has 0 heterocycles. The van der Waals surface area contributed by atoms with Crippen LogP contribution in [0.3, 0.4) is 0 Å². The van der Waals surface area contributed by atoms with Crippen LogP contribution in [0.5, 0.6) is 0 Å². The Morgan fingerprint density at radius 1 is 1.00 bits per heavy atom. The molecule has 0 fully saturated rings. The summed E-state index contributed by atoms with van der Waals surface area (Å²) in [5.41, 5.74) is 13.4. The Morgan fingerprint density at radius 3 is 1.36 bits per heavy atom. The average molecular weight is 346 g/mol. The monoisotopic (exact) mass is 344 g/mol. The molecule has 0 aliphatic heterocycles. The maximum absolute atomic E-state index is 8.81. The van der Waals surface area contributed by atoms with E-state index >= 15 is 0 Å².